The van der Waals surface area contributed by atoms with E-state index in [1.165, 1.54) is 36.1 Å². The molecule has 1 aromatic rings. The number of fused-ring (bicyclic) bond motifs is 1. The Morgan fingerprint density at radius 1 is 1.18 bits per heavy atom. The summed E-state index contributed by atoms with van der Waals surface area (Å²) in [6, 6.07) is 6.80. The van der Waals surface area contributed by atoms with E-state index >= 15 is 0 Å². The Morgan fingerprint density at radius 2 is 2.03 bits per heavy atom. The molecule has 0 saturated heterocycles. The SMILES string of the molecule is COCCOC1CC2=C(NC(=O)CN2Cc2ccc3c(c2)CN(CC2CC2)CC3)C(=N)N1C. The lowest BCUT2D eigenvalue weighted by Gasteiger charge is -2.43. The molecule has 1 amide bonds. The van der Waals surface area contributed by atoms with Crippen LogP contribution in [0.15, 0.2) is 29.6 Å². The molecule has 2 N–H and O–H groups in total. The van der Waals surface area contributed by atoms with Gasteiger partial charge in [-0.3, -0.25) is 15.1 Å². The zero-order valence-corrected chi connectivity index (χ0v) is 19.7. The first-order valence-electron chi connectivity index (χ1n) is 12.0. The first kappa shape index (κ1) is 22.4. The van der Waals surface area contributed by atoms with E-state index in [4.69, 9.17) is 14.9 Å². The van der Waals surface area contributed by atoms with Crippen LogP contribution in [-0.2, 0) is 33.8 Å². The van der Waals surface area contributed by atoms with Gasteiger partial charge in [-0.05, 0) is 41.9 Å². The van der Waals surface area contributed by atoms with Gasteiger partial charge in [0, 0.05) is 52.5 Å². The predicted octanol–water partition coefficient (Wildman–Crippen LogP) is 1.90. The molecular weight excluding hydrogens is 418 g/mol. The van der Waals surface area contributed by atoms with Crippen molar-refractivity contribution < 1.29 is 14.3 Å². The topological polar surface area (TPSA) is 81.1 Å². The molecule has 3 aliphatic heterocycles. The van der Waals surface area contributed by atoms with Crippen molar-refractivity contribution in [3.8, 4) is 0 Å². The number of carbonyl (C=O) groups is 1. The van der Waals surface area contributed by atoms with Gasteiger partial charge in [0.15, 0.2) is 0 Å². The fraction of sp³-hybridized carbons (Fsp3) is 0.600. The molecule has 178 valence electrons. The zero-order valence-electron chi connectivity index (χ0n) is 19.7. The second-order valence-electron chi connectivity index (χ2n) is 9.74. The highest BCUT2D eigenvalue weighted by molar-refractivity contribution is 6.02. The van der Waals surface area contributed by atoms with Gasteiger partial charge in [-0.15, -0.1) is 0 Å². The minimum atomic E-state index is -0.247. The van der Waals surface area contributed by atoms with Crippen LogP contribution in [0.3, 0.4) is 0 Å². The van der Waals surface area contributed by atoms with Gasteiger partial charge in [-0.2, -0.15) is 0 Å². The van der Waals surface area contributed by atoms with Crippen LogP contribution >= 0.6 is 0 Å². The smallest absolute Gasteiger partial charge is 0.244 e. The lowest BCUT2D eigenvalue weighted by Crippen LogP contribution is -2.54. The van der Waals surface area contributed by atoms with Crippen LogP contribution in [0.2, 0.25) is 0 Å². The highest BCUT2D eigenvalue weighted by Crippen LogP contribution is 2.33. The highest BCUT2D eigenvalue weighted by Gasteiger charge is 2.37. The summed E-state index contributed by atoms with van der Waals surface area (Å²) >= 11 is 0. The standard InChI is InChI=1S/C25H35N5O3/c1-28-23(33-10-9-32-2)12-21-24(25(28)26)27-22(31)16-30(21)14-18-5-6-19-7-8-29(13-17-3-4-17)15-20(19)11-18/h5-6,11,17,23,26H,3-4,7-10,12-16H2,1-2H3,(H,27,31). The summed E-state index contributed by atoms with van der Waals surface area (Å²) in [5, 5.41) is 11.5. The second-order valence-corrected chi connectivity index (χ2v) is 9.74. The first-order chi connectivity index (χ1) is 16.0. The third-order valence-electron chi connectivity index (χ3n) is 7.21. The van der Waals surface area contributed by atoms with Gasteiger partial charge in [-0.25, -0.2) is 0 Å². The third-order valence-corrected chi connectivity index (χ3v) is 7.21. The molecule has 0 bridgehead atoms. The molecule has 1 unspecified atom stereocenters. The quantitative estimate of drug-likeness (QED) is 0.586. The van der Waals surface area contributed by atoms with Gasteiger partial charge in [0.05, 0.1) is 19.8 Å². The maximum atomic E-state index is 12.5. The number of amides is 1. The number of hydrogen-bond acceptors (Lipinski definition) is 6. The lowest BCUT2D eigenvalue weighted by molar-refractivity contribution is -0.122. The van der Waals surface area contributed by atoms with Crippen molar-refractivity contribution in [3.63, 3.8) is 0 Å². The van der Waals surface area contributed by atoms with Crippen molar-refractivity contribution in [2.75, 3.05) is 47.0 Å². The summed E-state index contributed by atoms with van der Waals surface area (Å²) in [4.78, 5) is 19.0. The van der Waals surface area contributed by atoms with Gasteiger partial charge in [0.25, 0.3) is 0 Å². The molecule has 1 saturated carbocycles. The number of hydrogen-bond donors (Lipinski definition) is 2. The van der Waals surface area contributed by atoms with Gasteiger partial charge in [-0.1, -0.05) is 18.2 Å². The van der Waals surface area contributed by atoms with Crippen molar-refractivity contribution in [3.05, 3.63) is 46.3 Å². The van der Waals surface area contributed by atoms with Crippen LogP contribution in [0.4, 0.5) is 0 Å². The van der Waals surface area contributed by atoms with E-state index in [1.807, 2.05) is 7.05 Å². The van der Waals surface area contributed by atoms with Crippen LogP contribution in [0.1, 0.15) is 36.0 Å². The van der Waals surface area contributed by atoms with Crippen LogP contribution in [0.5, 0.6) is 0 Å². The molecule has 3 heterocycles. The van der Waals surface area contributed by atoms with Crippen LogP contribution in [0.25, 0.3) is 0 Å². The summed E-state index contributed by atoms with van der Waals surface area (Å²) < 4.78 is 11.1. The minimum absolute atomic E-state index is 0.0702. The normalized spacial score (nSPS) is 23.5. The third kappa shape index (κ3) is 4.93. The number of rotatable bonds is 8. The number of nitrogens with zero attached hydrogens (tertiary/aromatic N) is 3. The van der Waals surface area contributed by atoms with E-state index in [-0.39, 0.29) is 18.0 Å². The van der Waals surface area contributed by atoms with Crippen molar-refractivity contribution in [1.82, 2.24) is 20.0 Å². The molecule has 1 aliphatic carbocycles. The lowest BCUT2D eigenvalue weighted by atomic mass is 9.96. The van der Waals surface area contributed by atoms with Gasteiger partial charge in [0.1, 0.15) is 17.8 Å². The molecule has 0 spiro atoms. The Bertz CT molecular complexity index is 957. The van der Waals surface area contributed by atoms with Crippen molar-refractivity contribution in [2.24, 2.45) is 5.92 Å². The van der Waals surface area contributed by atoms with Crippen molar-refractivity contribution in [1.29, 1.82) is 5.41 Å². The largest absolute Gasteiger partial charge is 0.382 e. The van der Waals surface area contributed by atoms with E-state index in [9.17, 15) is 4.79 Å². The number of benzene rings is 1. The molecule has 8 nitrogen and oxygen atoms in total. The van der Waals surface area contributed by atoms with Crippen molar-refractivity contribution >= 4 is 11.7 Å². The Hall–Kier alpha value is -2.42. The first-order valence-corrected chi connectivity index (χ1v) is 12.0. The second kappa shape index (κ2) is 9.44. The number of carbonyl (C=O) groups excluding carboxylic acids is 1. The van der Waals surface area contributed by atoms with Gasteiger partial charge in [0.2, 0.25) is 5.91 Å². The maximum absolute atomic E-state index is 12.5. The van der Waals surface area contributed by atoms with E-state index in [2.05, 4.69) is 33.3 Å². The monoisotopic (exact) mass is 453 g/mol. The van der Waals surface area contributed by atoms with Crippen LogP contribution < -0.4 is 5.32 Å². The Balaban J connectivity index is 1.33. The fourth-order valence-corrected chi connectivity index (χ4v) is 5.13. The van der Waals surface area contributed by atoms with Crippen LogP contribution in [-0.4, -0.2) is 79.7 Å². The average molecular weight is 454 g/mol. The number of amidine groups is 1. The van der Waals surface area contributed by atoms with E-state index in [0.29, 0.717) is 38.4 Å². The summed E-state index contributed by atoms with van der Waals surface area (Å²) in [5.74, 6) is 1.13. The summed E-state index contributed by atoms with van der Waals surface area (Å²) in [7, 11) is 3.49. The summed E-state index contributed by atoms with van der Waals surface area (Å²) in [6.07, 6.45) is 4.27. The van der Waals surface area contributed by atoms with E-state index in [0.717, 1.165) is 31.1 Å². The fourth-order valence-electron chi connectivity index (χ4n) is 5.13. The number of methoxy groups -OCH3 is 1. The maximum Gasteiger partial charge on any atom is 0.244 e. The molecule has 1 atom stereocenters. The minimum Gasteiger partial charge on any atom is -0.382 e. The van der Waals surface area contributed by atoms with Gasteiger partial charge < -0.3 is 24.6 Å². The van der Waals surface area contributed by atoms with E-state index < -0.39 is 0 Å². The van der Waals surface area contributed by atoms with Crippen LogP contribution in [0, 0.1) is 11.3 Å². The molecule has 1 fully saturated rings. The zero-order chi connectivity index (χ0) is 22.9. The predicted molar refractivity (Wildman–Crippen MR) is 125 cm³/mol. The molecular formula is C25H35N5O3. The molecule has 4 aliphatic rings. The van der Waals surface area contributed by atoms with Crippen molar-refractivity contribution in [2.45, 2.75) is 45.0 Å². The molecule has 1 aromatic carbocycles. The highest BCUT2D eigenvalue weighted by atomic mass is 16.5. The molecule has 0 radical (unpaired) electrons. The average Bonchev–Trinajstić information content (AvgIpc) is 3.61. The molecule has 0 aromatic heterocycles. The van der Waals surface area contributed by atoms with Gasteiger partial charge >= 0.3 is 0 Å². The number of nitrogens with one attached hydrogen (secondary N) is 2. The Labute approximate surface area is 196 Å². The Kier molecular flexibility index (Phi) is 6.40. The molecule has 33 heavy (non-hydrogen) atoms. The van der Waals surface area contributed by atoms with E-state index in [1.54, 1.807) is 12.0 Å². The molecule has 8 heteroatoms. The summed E-state index contributed by atoms with van der Waals surface area (Å²) in [5.41, 5.74) is 5.68. The Morgan fingerprint density at radius 3 is 2.82 bits per heavy atom. The summed E-state index contributed by atoms with van der Waals surface area (Å²) in [6.45, 7) is 5.35. The number of ether oxygens (including phenoxy) is 2. The molecule has 5 rings (SSSR count). The number of likely N-dealkylation sites (N-methyl/N-ethyl adjacent to an activating group) is 1.